The maximum absolute atomic E-state index is 6.28. The molecule has 0 unspecified atom stereocenters. The second kappa shape index (κ2) is 10.2. The first-order valence-corrected chi connectivity index (χ1v) is 15.0. The van der Waals surface area contributed by atoms with Crippen LogP contribution >= 0.6 is 0 Å². The van der Waals surface area contributed by atoms with Gasteiger partial charge in [0.2, 0.25) is 5.71 Å². The van der Waals surface area contributed by atoms with E-state index < -0.39 is 0 Å². The van der Waals surface area contributed by atoms with E-state index in [1.807, 2.05) is 42.5 Å². The van der Waals surface area contributed by atoms with Crippen LogP contribution in [0.15, 0.2) is 167 Å². The van der Waals surface area contributed by atoms with E-state index in [0.717, 1.165) is 66.6 Å². The highest BCUT2D eigenvalue weighted by Gasteiger charge is 2.19. The molecule has 6 aromatic carbocycles. The highest BCUT2D eigenvalue weighted by molar-refractivity contribution is 6.13. The SMILES string of the molecule is c1ccc(-c2ccc(N(c3ccc(-c4ccc5c(n4)oc4ccccc45)cc3)c3cccc4oc5ccccc5c34)cc2)cc1. The van der Waals surface area contributed by atoms with Crippen LogP contribution in [0.5, 0.6) is 0 Å². The van der Waals surface area contributed by atoms with E-state index in [-0.39, 0.29) is 0 Å². The molecule has 0 fully saturated rings. The Kier molecular flexibility index (Phi) is 5.78. The van der Waals surface area contributed by atoms with Crippen molar-refractivity contribution in [3.05, 3.63) is 158 Å². The highest BCUT2D eigenvalue weighted by Crippen LogP contribution is 2.43. The van der Waals surface area contributed by atoms with E-state index in [1.54, 1.807) is 0 Å². The third kappa shape index (κ3) is 4.27. The summed E-state index contributed by atoms with van der Waals surface area (Å²) in [5.41, 5.74) is 10.6. The normalized spacial score (nSPS) is 11.6. The Hall–Kier alpha value is -6.13. The van der Waals surface area contributed by atoms with Crippen molar-refractivity contribution in [2.45, 2.75) is 0 Å². The number of furan rings is 2. The van der Waals surface area contributed by atoms with Crippen molar-refractivity contribution in [1.82, 2.24) is 4.98 Å². The number of aromatic nitrogens is 1. The average molecular weight is 579 g/mol. The molecular formula is C41H26N2O2. The molecule has 9 aromatic rings. The predicted octanol–water partition coefficient (Wildman–Crippen LogP) is 11.7. The number of anilines is 3. The fourth-order valence-corrected chi connectivity index (χ4v) is 6.35. The lowest BCUT2D eigenvalue weighted by Crippen LogP contribution is -2.10. The van der Waals surface area contributed by atoms with Crippen LogP contribution in [0.3, 0.4) is 0 Å². The molecule has 0 saturated carbocycles. The molecule has 0 saturated heterocycles. The number of nitrogens with zero attached hydrogens (tertiary/aromatic N) is 2. The third-order valence-corrected chi connectivity index (χ3v) is 8.52. The van der Waals surface area contributed by atoms with Gasteiger partial charge >= 0.3 is 0 Å². The number of rotatable bonds is 5. The second-order valence-corrected chi connectivity index (χ2v) is 11.2. The molecule has 0 aliphatic carbocycles. The smallest absolute Gasteiger partial charge is 0.227 e. The maximum Gasteiger partial charge on any atom is 0.227 e. The van der Waals surface area contributed by atoms with Gasteiger partial charge in [0.1, 0.15) is 16.7 Å². The van der Waals surface area contributed by atoms with Crippen molar-refractivity contribution >= 4 is 61.1 Å². The minimum absolute atomic E-state index is 0.649. The summed E-state index contributed by atoms with van der Waals surface area (Å²) in [4.78, 5) is 7.19. The topological polar surface area (TPSA) is 42.4 Å². The Labute approximate surface area is 259 Å². The number of fused-ring (bicyclic) bond motifs is 6. The van der Waals surface area contributed by atoms with E-state index in [1.165, 1.54) is 11.1 Å². The fraction of sp³-hybridized carbons (Fsp3) is 0. The van der Waals surface area contributed by atoms with E-state index in [0.29, 0.717) is 5.71 Å². The molecule has 0 N–H and O–H groups in total. The summed E-state index contributed by atoms with van der Waals surface area (Å²) in [6, 6.07) is 54.5. The summed E-state index contributed by atoms with van der Waals surface area (Å²) in [5, 5.41) is 4.28. The molecule has 4 heteroatoms. The van der Waals surface area contributed by atoms with Gasteiger partial charge in [-0.2, -0.15) is 0 Å². The van der Waals surface area contributed by atoms with Gasteiger partial charge in [-0.3, -0.25) is 0 Å². The van der Waals surface area contributed by atoms with E-state index >= 15 is 0 Å². The molecule has 45 heavy (non-hydrogen) atoms. The minimum Gasteiger partial charge on any atom is -0.456 e. The maximum atomic E-state index is 6.28. The zero-order valence-electron chi connectivity index (χ0n) is 24.2. The molecular weight excluding hydrogens is 552 g/mol. The summed E-state index contributed by atoms with van der Waals surface area (Å²) in [5.74, 6) is 0. The highest BCUT2D eigenvalue weighted by atomic mass is 16.3. The third-order valence-electron chi connectivity index (χ3n) is 8.52. The lowest BCUT2D eigenvalue weighted by atomic mass is 10.0. The van der Waals surface area contributed by atoms with Crippen LogP contribution in [-0.4, -0.2) is 4.98 Å². The lowest BCUT2D eigenvalue weighted by molar-refractivity contribution is 0.654. The van der Waals surface area contributed by atoms with Crippen LogP contribution in [0, 0.1) is 0 Å². The quantitative estimate of drug-likeness (QED) is 0.204. The van der Waals surface area contributed by atoms with Crippen LogP contribution in [0.4, 0.5) is 17.1 Å². The Bertz CT molecular complexity index is 2470. The molecule has 0 radical (unpaired) electrons. The van der Waals surface area contributed by atoms with Gasteiger partial charge in [0.25, 0.3) is 0 Å². The number of para-hydroxylation sites is 2. The standard InChI is InChI=1S/C41H26N2O2/c1-2-9-27(10-3-1)28-17-21-30(22-18-28)43(36-13-8-16-39-40(36)34-12-5-7-15-38(34)44-39)31-23-19-29(20-24-31)35-26-25-33-32-11-4-6-14-37(32)45-41(33)42-35/h1-26H. The molecule has 212 valence electrons. The number of benzene rings is 6. The van der Waals surface area contributed by atoms with Crippen LogP contribution in [0.2, 0.25) is 0 Å². The first kappa shape index (κ1) is 25.4. The zero-order chi connectivity index (χ0) is 29.7. The molecule has 0 amide bonds. The largest absolute Gasteiger partial charge is 0.456 e. The average Bonchev–Trinajstić information content (AvgIpc) is 3.68. The summed E-state index contributed by atoms with van der Waals surface area (Å²) in [7, 11) is 0. The summed E-state index contributed by atoms with van der Waals surface area (Å²) < 4.78 is 12.4. The molecule has 0 aliphatic heterocycles. The minimum atomic E-state index is 0.649. The van der Waals surface area contributed by atoms with E-state index in [2.05, 4.69) is 120 Å². The first-order valence-electron chi connectivity index (χ1n) is 15.0. The number of pyridine rings is 1. The van der Waals surface area contributed by atoms with E-state index in [4.69, 9.17) is 13.8 Å². The summed E-state index contributed by atoms with van der Waals surface area (Å²) in [6.07, 6.45) is 0. The molecule has 3 aromatic heterocycles. The van der Waals surface area contributed by atoms with Crippen molar-refractivity contribution in [3.63, 3.8) is 0 Å². The van der Waals surface area contributed by atoms with E-state index in [9.17, 15) is 0 Å². The zero-order valence-corrected chi connectivity index (χ0v) is 24.2. The van der Waals surface area contributed by atoms with Gasteiger partial charge in [-0.25, -0.2) is 4.98 Å². The van der Waals surface area contributed by atoms with Crippen molar-refractivity contribution in [1.29, 1.82) is 0 Å². The van der Waals surface area contributed by atoms with Crippen LogP contribution in [0.1, 0.15) is 0 Å². The van der Waals surface area contributed by atoms with Crippen molar-refractivity contribution in [2.75, 3.05) is 4.90 Å². The summed E-state index contributed by atoms with van der Waals surface area (Å²) >= 11 is 0. The summed E-state index contributed by atoms with van der Waals surface area (Å²) in [6.45, 7) is 0. The van der Waals surface area contributed by atoms with Gasteiger partial charge in [0.05, 0.1) is 16.8 Å². The molecule has 0 bridgehead atoms. The van der Waals surface area contributed by atoms with Gasteiger partial charge in [0, 0.05) is 33.1 Å². The number of hydrogen-bond donors (Lipinski definition) is 0. The predicted molar refractivity (Wildman–Crippen MR) is 184 cm³/mol. The monoisotopic (exact) mass is 578 g/mol. The van der Waals surface area contributed by atoms with Crippen LogP contribution in [-0.2, 0) is 0 Å². The second-order valence-electron chi connectivity index (χ2n) is 11.2. The van der Waals surface area contributed by atoms with Crippen molar-refractivity contribution < 1.29 is 8.83 Å². The Balaban J connectivity index is 1.17. The fourth-order valence-electron chi connectivity index (χ4n) is 6.35. The molecule has 4 nitrogen and oxygen atoms in total. The van der Waals surface area contributed by atoms with Gasteiger partial charge in [0.15, 0.2) is 0 Å². The molecule has 3 heterocycles. The van der Waals surface area contributed by atoms with Gasteiger partial charge in [-0.05, 0) is 71.8 Å². The Morgan fingerprint density at radius 1 is 0.400 bits per heavy atom. The van der Waals surface area contributed by atoms with Crippen LogP contribution < -0.4 is 4.90 Å². The van der Waals surface area contributed by atoms with Crippen molar-refractivity contribution in [2.24, 2.45) is 0 Å². The van der Waals surface area contributed by atoms with Crippen LogP contribution in [0.25, 0.3) is 66.4 Å². The lowest BCUT2D eigenvalue weighted by Gasteiger charge is -2.26. The number of hydrogen-bond acceptors (Lipinski definition) is 4. The van der Waals surface area contributed by atoms with Gasteiger partial charge in [-0.15, -0.1) is 0 Å². The van der Waals surface area contributed by atoms with Crippen molar-refractivity contribution in [3.8, 4) is 22.4 Å². The molecule has 9 rings (SSSR count). The molecule has 0 aliphatic rings. The Morgan fingerprint density at radius 2 is 1.00 bits per heavy atom. The Morgan fingerprint density at radius 3 is 1.76 bits per heavy atom. The van der Waals surface area contributed by atoms with Gasteiger partial charge < -0.3 is 13.7 Å². The first-order chi connectivity index (χ1) is 22.3. The molecule has 0 atom stereocenters. The van der Waals surface area contributed by atoms with Gasteiger partial charge in [-0.1, -0.05) is 97.1 Å². The molecule has 0 spiro atoms.